The summed E-state index contributed by atoms with van der Waals surface area (Å²) in [5, 5.41) is 8.86. The van der Waals surface area contributed by atoms with E-state index in [2.05, 4.69) is 11.1 Å². The molecule has 1 amide bonds. The second-order valence-corrected chi connectivity index (χ2v) is 5.39. The molecule has 0 saturated carbocycles. The molecule has 0 saturated heterocycles. The molecule has 5 nitrogen and oxygen atoms in total. The maximum atomic E-state index is 12.7. The number of aromatic amines is 1. The van der Waals surface area contributed by atoms with E-state index < -0.39 is 0 Å². The molecular formula is C18H19N3O2. The van der Waals surface area contributed by atoms with Gasteiger partial charge in [0, 0.05) is 12.2 Å². The molecule has 1 atom stereocenters. The number of carbonyl (C=O) groups is 1. The second-order valence-electron chi connectivity index (χ2n) is 5.39. The van der Waals surface area contributed by atoms with Gasteiger partial charge in [-0.2, -0.15) is 5.26 Å². The first-order valence-electron chi connectivity index (χ1n) is 7.49. The maximum absolute atomic E-state index is 12.7. The average Bonchev–Trinajstić information content (AvgIpc) is 2.55. The molecule has 1 heterocycles. The average molecular weight is 309 g/mol. The number of rotatable bonds is 4. The zero-order chi connectivity index (χ0) is 17.0. The molecular weight excluding hydrogens is 290 g/mol. The number of benzene rings is 1. The van der Waals surface area contributed by atoms with E-state index in [1.54, 1.807) is 36.1 Å². The van der Waals surface area contributed by atoms with Crippen LogP contribution in [0.3, 0.4) is 0 Å². The number of nitriles is 1. The maximum Gasteiger partial charge on any atom is 0.260 e. The number of hydrogen-bond donors (Lipinski definition) is 1. The highest BCUT2D eigenvalue weighted by Crippen LogP contribution is 2.22. The summed E-state index contributed by atoms with van der Waals surface area (Å²) in [6, 6.07) is 12.3. The quantitative estimate of drug-likeness (QED) is 0.943. The number of H-pyrrole nitrogens is 1. The third-order valence-electron chi connectivity index (χ3n) is 3.88. The number of amides is 1. The van der Waals surface area contributed by atoms with Crippen LogP contribution in [-0.4, -0.2) is 22.3 Å². The van der Waals surface area contributed by atoms with Gasteiger partial charge in [-0.05, 0) is 50.6 Å². The monoisotopic (exact) mass is 309 g/mol. The Kier molecular flexibility index (Phi) is 4.97. The predicted molar refractivity (Wildman–Crippen MR) is 88.1 cm³/mol. The van der Waals surface area contributed by atoms with Crippen LogP contribution in [0, 0.1) is 18.3 Å². The SMILES string of the molecule is CCN(C(=O)c1ccc(C)[nH]c1=O)[C@H](C)c1ccc(C#N)cc1. The van der Waals surface area contributed by atoms with E-state index in [1.807, 2.05) is 26.0 Å². The van der Waals surface area contributed by atoms with Crippen molar-refractivity contribution in [3.63, 3.8) is 0 Å². The number of carbonyl (C=O) groups excluding carboxylic acids is 1. The fourth-order valence-corrected chi connectivity index (χ4v) is 2.50. The summed E-state index contributed by atoms with van der Waals surface area (Å²) in [5.41, 5.74) is 1.97. The highest BCUT2D eigenvalue weighted by atomic mass is 16.2. The summed E-state index contributed by atoms with van der Waals surface area (Å²) in [6.07, 6.45) is 0. The Morgan fingerprint density at radius 2 is 1.91 bits per heavy atom. The molecule has 2 rings (SSSR count). The number of pyridine rings is 1. The number of nitrogens with one attached hydrogen (secondary N) is 1. The van der Waals surface area contributed by atoms with E-state index in [1.165, 1.54) is 0 Å². The van der Waals surface area contributed by atoms with Crippen LogP contribution in [0.15, 0.2) is 41.2 Å². The standard InChI is InChI=1S/C18H19N3O2/c1-4-21(13(3)15-8-6-14(11-19)7-9-15)18(23)16-10-5-12(2)20-17(16)22/h5-10,13H,4H2,1-3H3,(H,20,22)/t13-/m1/s1. The Labute approximate surface area is 135 Å². The first kappa shape index (κ1) is 16.5. The molecule has 2 aromatic rings. The number of aromatic nitrogens is 1. The normalized spacial score (nSPS) is 11.6. The molecule has 0 aliphatic heterocycles. The Morgan fingerprint density at radius 3 is 2.43 bits per heavy atom. The van der Waals surface area contributed by atoms with Crippen molar-refractivity contribution in [1.82, 2.24) is 9.88 Å². The molecule has 0 radical (unpaired) electrons. The molecule has 1 aromatic carbocycles. The van der Waals surface area contributed by atoms with E-state index in [0.717, 1.165) is 11.3 Å². The molecule has 0 unspecified atom stereocenters. The summed E-state index contributed by atoms with van der Waals surface area (Å²) < 4.78 is 0. The van der Waals surface area contributed by atoms with Crippen LogP contribution in [0.5, 0.6) is 0 Å². The number of nitrogens with zero attached hydrogens (tertiary/aromatic N) is 2. The highest BCUT2D eigenvalue weighted by molar-refractivity contribution is 5.94. The minimum atomic E-state index is -0.375. The lowest BCUT2D eigenvalue weighted by atomic mass is 10.0. The van der Waals surface area contributed by atoms with E-state index in [-0.39, 0.29) is 23.1 Å². The molecule has 0 bridgehead atoms. The third-order valence-corrected chi connectivity index (χ3v) is 3.88. The van der Waals surface area contributed by atoms with Crippen molar-refractivity contribution in [3.8, 4) is 6.07 Å². The molecule has 118 valence electrons. The van der Waals surface area contributed by atoms with Gasteiger partial charge in [0.25, 0.3) is 11.5 Å². The number of aryl methyl sites for hydroxylation is 1. The Bertz CT molecular complexity index is 800. The van der Waals surface area contributed by atoms with Crippen LogP contribution in [0.2, 0.25) is 0 Å². The van der Waals surface area contributed by atoms with Crippen molar-refractivity contribution < 1.29 is 4.79 Å². The molecule has 1 N–H and O–H groups in total. The first-order chi connectivity index (χ1) is 11.0. The summed E-state index contributed by atoms with van der Waals surface area (Å²) in [6.45, 7) is 6.03. The highest BCUT2D eigenvalue weighted by Gasteiger charge is 2.23. The van der Waals surface area contributed by atoms with Crippen molar-refractivity contribution in [2.24, 2.45) is 0 Å². The van der Waals surface area contributed by atoms with E-state index in [0.29, 0.717) is 12.1 Å². The molecule has 0 aliphatic rings. The zero-order valence-corrected chi connectivity index (χ0v) is 13.5. The Hall–Kier alpha value is -2.87. The fourth-order valence-electron chi connectivity index (χ4n) is 2.50. The summed E-state index contributed by atoms with van der Waals surface area (Å²) in [7, 11) is 0. The lowest BCUT2D eigenvalue weighted by molar-refractivity contribution is 0.0700. The molecule has 0 fully saturated rings. The smallest absolute Gasteiger partial charge is 0.260 e. The van der Waals surface area contributed by atoms with Crippen molar-refractivity contribution >= 4 is 5.91 Å². The summed E-state index contributed by atoms with van der Waals surface area (Å²) in [4.78, 5) is 29.0. The van der Waals surface area contributed by atoms with Gasteiger partial charge in [0.15, 0.2) is 0 Å². The Morgan fingerprint density at radius 1 is 1.26 bits per heavy atom. The van der Waals surface area contributed by atoms with Crippen LogP contribution in [0.1, 0.15) is 47.1 Å². The minimum Gasteiger partial charge on any atom is -0.332 e. The molecule has 0 spiro atoms. The molecule has 5 heteroatoms. The van der Waals surface area contributed by atoms with Crippen LogP contribution in [0.25, 0.3) is 0 Å². The first-order valence-corrected chi connectivity index (χ1v) is 7.49. The third kappa shape index (κ3) is 3.49. The van der Waals surface area contributed by atoms with Gasteiger partial charge in [0.05, 0.1) is 17.7 Å². The minimum absolute atomic E-state index is 0.137. The van der Waals surface area contributed by atoms with Gasteiger partial charge in [0.2, 0.25) is 0 Å². The zero-order valence-electron chi connectivity index (χ0n) is 13.5. The summed E-state index contributed by atoms with van der Waals surface area (Å²) >= 11 is 0. The van der Waals surface area contributed by atoms with Gasteiger partial charge in [-0.3, -0.25) is 9.59 Å². The van der Waals surface area contributed by atoms with Crippen LogP contribution >= 0.6 is 0 Å². The van der Waals surface area contributed by atoms with Crippen molar-refractivity contribution in [2.75, 3.05) is 6.54 Å². The van der Waals surface area contributed by atoms with Gasteiger partial charge in [0.1, 0.15) is 5.56 Å². The number of hydrogen-bond acceptors (Lipinski definition) is 3. The molecule has 1 aromatic heterocycles. The van der Waals surface area contributed by atoms with Gasteiger partial charge >= 0.3 is 0 Å². The topological polar surface area (TPSA) is 77.0 Å². The molecule has 0 aliphatic carbocycles. The van der Waals surface area contributed by atoms with Gasteiger partial charge in [-0.1, -0.05) is 12.1 Å². The largest absolute Gasteiger partial charge is 0.332 e. The van der Waals surface area contributed by atoms with Crippen LogP contribution in [0.4, 0.5) is 0 Å². The van der Waals surface area contributed by atoms with E-state index >= 15 is 0 Å². The Balaban J connectivity index is 2.32. The lowest BCUT2D eigenvalue weighted by Crippen LogP contribution is -2.36. The van der Waals surface area contributed by atoms with Crippen molar-refractivity contribution in [2.45, 2.75) is 26.8 Å². The lowest BCUT2D eigenvalue weighted by Gasteiger charge is -2.28. The fraction of sp³-hybridized carbons (Fsp3) is 0.278. The van der Waals surface area contributed by atoms with Crippen LogP contribution in [-0.2, 0) is 0 Å². The second kappa shape index (κ2) is 6.93. The summed E-state index contributed by atoms with van der Waals surface area (Å²) in [5.74, 6) is -0.300. The van der Waals surface area contributed by atoms with Crippen molar-refractivity contribution in [1.29, 1.82) is 5.26 Å². The van der Waals surface area contributed by atoms with E-state index in [9.17, 15) is 9.59 Å². The van der Waals surface area contributed by atoms with Gasteiger partial charge in [-0.25, -0.2) is 0 Å². The van der Waals surface area contributed by atoms with Crippen molar-refractivity contribution in [3.05, 3.63) is 69.1 Å². The predicted octanol–water partition coefficient (Wildman–Crippen LogP) is 2.78. The van der Waals surface area contributed by atoms with Crippen LogP contribution < -0.4 is 5.56 Å². The van der Waals surface area contributed by atoms with Gasteiger partial charge < -0.3 is 9.88 Å². The van der Waals surface area contributed by atoms with Gasteiger partial charge in [-0.15, -0.1) is 0 Å². The molecule has 23 heavy (non-hydrogen) atoms. The van der Waals surface area contributed by atoms with E-state index in [4.69, 9.17) is 5.26 Å².